The average Bonchev–Trinajstić information content (AvgIpc) is 2.45. The van der Waals surface area contributed by atoms with Crippen LogP contribution in [0, 0.1) is 0 Å². The lowest BCUT2D eigenvalue weighted by atomic mass is 10.4. The van der Waals surface area contributed by atoms with E-state index in [9.17, 15) is 19.2 Å². The maximum Gasteiger partial charge on any atom is 0.331 e. The Hall–Kier alpha value is -2.78. The van der Waals surface area contributed by atoms with Crippen molar-refractivity contribution in [3.63, 3.8) is 0 Å². The fourth-order valence-electron chi connectivity index (χ4n) is 0.978. The predicted molar refractivity (Wildman–Crippen MR) is 79.9 cm³/mol. The monoisotopic (exact) mass is 312 g/mol. The molecule has 0 bridgehead atoms. The molecule has 0 aliphatic rings. The second-order valence-corrected chi connectivity index (χ2v) is 4.40. The van der Waals surface area contributed by atoms with Crippen LogP contribution < -0.4 is 21.5 Å². The van der Waals surface area contributed by atoms with E-state index in [0.29, 0.717) is 11.4 Å². The number of hydrazone groups is 2. The number of rotatable bonds is 6. The minimum absolute atomic E-state index is 0.158. The van der Waals surface area contributed by atoms with Gasteiger partial charge in [0.05, 0.1) is 24.5 Å². The summed E-state index contributed by atoms with van der Waals surface area (Å²) in [5.74, 6) is -2.47. The number of hydrogen-bond donors (Lipinski definition) is 4. The summed E-state index contributed by atoms with van der Waals surface area (Å²) < 4.78 is 0. The molecule has 0 fully saturated rings. The molecule has 0 aliphatic heterocycles. The highest BCUT2D eigenvalue weighted by atomic mass is 16.2. The zero-order valence-electron chi connectivity index (χ0n) is 12.9. The molecule has 0 saturated carbocycles. The van der Waals surface area contributed by atoms with Crippen LogP contribution in [0.3, 0.4) is 0 Å². The highest BCUT2D eigenvalue weighted by molar-refractivity contribution is 6.35. The summed E-state index contributed by atoms with van der Waals surface area (Å²) in [5, 5.41) is 12.2. The van der Waals surface area contributed by atoms with Gasteiger partial charge in [-0.05, 0) is 13.8 Å². The summed E-state index contributed by atoms with van der Waals surface area (Å²) in [6.45, 7) is 6.16. The fourth-order valence-corrected chi connectivity index (χ4v) is 0.978. The zero-order valence-corrected chi connectivity index (χ0v) is 12.9. The van der Waals surface area contributed by atoms with E-state index < -0.39 is 11.8 Å². The Labute approximate surface area is 127 Å². The molecule has 0 unspecified atom stereocenters. The van der Waals surface area contributed by atoms with Crippen molar-refractivity contribution in [2.24, 2.45) is 10.2 Å². The molecule has 0 atom stereocenters. The normalized spacial score (nSPS) is 11.5. The molecule has 0 rings (SSSR count). The number of nitrogens with zero attached hydrogens (tertiary/aromatic N) is 2. The molecule has 0 aliphatic carbocycles. The van der Waals surface area contributed by atoms with E-state index >= 15 is 0 Å². The third-order valence-corrected chi connectivity index (χ3v) is 2.09. The number of carbonyl (C=O) groups is 4. The Morgan fingerprint density at radius 2 is 1.00 bits per heavy atom. The average molecular weight is 312 g/mol. The standard InChI is InChI=1S/C12H20N6O4/c1-7(5-13-9(3)19)15-17-11(21)12(22)18-16-8(2)6-14-10(4)20/h5-6H2,1-4H3,(H,13,19)(H,14,20)(H,17,21)(H,18,22). The van der Waals surface area contributed by atoms with E-state index in [4.69, 9.17) is 0 Å². The van der Waals surface area contributed by atoms with Crippen molar-refractivity contribution in [1.29, 1.82) is 0 Å². The van der Waals surface area contributed by atoms with Crippen LogP contribution in [-0.2, 0) is 19.2 Å². The second-order valence-electron chi connectivity index (χ2n) is 4.40. The van der Waals surface area contributed by atoms with E-state index in [0.717, 1.165) is 0 Å². The smallest absolute Gasteiger partial charge is 0.331 e. The first kappa shape index (κ1) is 19.2. The van der Waals surface area contributed by atoms with Gasteiger partial charge in [-0.15, -0.1) is 0 Å². The lowest BCUT2D eigenvalue weighted by Crippen LogP contribution is -2.37. The van der Waals surface area contributed by atoms with Crippen molar-refractivity contribution < 1.29 is 19.2 Å². The molecule has 0 aromatic heterocycles. The van der Waals surface area contributed by atoms with Crippen LogP contribution in [0.25, 0.3) is 0 Å². The molecule has 22 heavy (non-hydrogen) atoms. The molecular weight excluding hydrogens is 292 g/mol. The van der Waals surface area contributed by atoms with Crippen molar-refractivity contribution in [3.8, 4) is 0 Å². The largest absolute Gasteiger partial charge is 0.351 e. The minimum atomic E-state index is -1.00. The van der Waals surface area contributed by atoms with Gasteiger partial charge in [0.1, 0.15) is 0 Å². The van der Waals surface area contributed by atoms with Gasteiger partial charge in [-0.25, -0.2) is 10.9 Å². The van der Waals surface area contributed by atoms with Gasteiger partial charge in [-0.2, -0.15) is 10.2 Å². The Morgan fingerprint density at radius 1 is 0.682 bits per heavy atom. The van der Waals surface area contributed by atoms with Crippen molar-refractivity contribution in [2.45, 2.75) is 27.7 Å². The molecule has 10 nitrogen and oxygen atoms in total. The number of hydrogen-bond acceptors (Lipinski definition) is 6. The third kappa shape index (κ3) is 10.1. The fraction of sp³-hybridized carbons (Fsp3) is 0.500. The topological polar surface area (TPSA) is 141 Å². The van der Waals surface area contributed by atoms with Crippen LogP contribution in [0.2, 0.25) is 0 Å². The van der Waals surface area contributed by atoms with Gasteiger partial charge in [0.15, 0.2) is 0 Å². The Kier molecular flexibility index (Phi) is 8.75. The summed E-state index contributed by atoms with van der Waals surface area (Å²) in [6, 6.07) is 0. The Balaban J connectivity index is 4.24. The molecule has 0 heterocycles. The summed E-state index contributed by atoms with van der Waals surface area (Å²) in [7, 11) is 0. The van der Waals surface area contributed by atoms with Gasteiger partial charge in [-0.3, -0.25) is 19.2 Å². The van der Waals surface area contributed by atoms with Gasteiger partial charge >= 0.3 is 11.8 Å². The molecule has 122 valence electrons. The quantitative estimate of drug-likeness (QED) is 0.262. The van der Waals surface area contributed by atoms with Gasteiger partial charge < -0.3 is 10.6 Å². The van der Waals surface area contributed by atoms with Crippen LogP contribution in [-0.4, -0.2) is 48.1 Å². The van der Waals surface area contributed by atoms with E-state index in [-0.39, 0.29) is 24.9 Å². The molecule has 0 aromatic carbocycles. The maximum atomic E-state index is 11.4. The summed E-state index contributed by atoms with van der Waals surface area (Å²) in [6.07, 6.45) is 0. The van der Waals surface area contributed by atoms with Crippen LogP contribution in [0.5, 0.6) is 0 Å². The molecule has 10 heteroatoms. The van der Waals surface area contributed by atoms with E-state index in [1.165, 1.54) is 13.8 Å². The minimum Gasteiger partial charge on any atom is -0.351 e. The summed E-state index contributed by atoms with van der Waals surface area (Å²) in [4.78, 5) is 44.2. The van der Waals surface area contributed by atoms with Gasteiger partial charge in [-0.1, -0.05) is 0 Å². The lowest BCUT2D eigenvalue weighted by Gasteiger charge is -2.04. The highest BCUT2D eigenvalue weighted by Gasteiger charge is 2.12. The van der Waals surface area contributed by atoms with Gasteiger partial charge in [0.2, 0.25) is 11.8 Å². The van der Waals surface area contributed by atoms with Gasteiger partial charge in [0.25, 0.3) is 0 Å². The van der Waals surface area contributed by atoms with Crippen LogP contribution in [0.1, 0.15) is 27.7 Å². The summed E-state index contributed by atoms with van der Waals surface area (Å²) >= 11 is 0. The zero-order chi connectivity index (χ0) is 17.1. The molecule has 4 amide bonds. The van der Waals surface area contributed by atoms with E-state index in [1.54, 1.807) is 13.8 Å². The maximum absolute atomic E-state index is 11.4. The van der Waals surface area contributed by atoms with Crippen LogP contribution in [0.15, 0.2) is 10.2 Å². The first-order chi connectivity index (χ1) is 10.2. The second kappa shape index (κ2) is 10.0. The van der Waals surface area contributed by atoms with Gasteiger partial charge in [0, 0.05) is 13.8 Å². The predicted octanol–water partition coefficient (Wildman–Crippen LogP) is -1.76. The molecular formula is C12H20N6O4. The molecule has 0 radical (unpaired) electrons. The number of nitrogens with one attached hydrogen (secondary N) is 4. The Bertz CT molecular complexity index is 466. The number of carbonyl (C=O) groups excluding carboxylic acids is 4. The third-order valence-electron chi connectivity index (χ3n) is 2.09. The van der Waals surface area contributed by atoms with Crippen molar-refractivity contribution in [3.05, 3.63) is 0 Å². The number of amides is 4. The summed E-state index contributed by atoms with van der Waals surface area (Å²) in [5.41, 5.74) is 4.89. The molecule has 0 aromatic rings. The van der Waals surface area contributed by atoms with Crippen molar-refractivity contribution in [2.75, 3.05) is 13.1 Å². The first-order valence-corrected chi connectivity index (χ1v) is 6.38. The first-order valence-electron chi connectivity index (χ1n) is 6.38. The molecule has 0 spiro atoms. The van der Waals surface area contributed by atoms with Crippen molar-refractivity contribution in [1.82, 2.24) is 21.5 Å². The van der Waals surface area contributed by atoms with E-state index in [2.05, 4.69) is 20.8 Å². The van der Waals surface area contributed by atoms with E-state index in [1.807, 2.05) is 10.9 Å². The Morgan fingerprint density at radius 3 is 1.27 bits per heavy atom. The SMILES string of the molecule is CC(=O)NCC(C)=NNC(=O)C(=O)NN=C(C)CNC(C)=O. The lowest BCUT2D eigenvalue weighted by molar-refractivity contribution is -0.139. The molecule has 4 N–H and O–H groups in total. The van der Waals surface area contributed by atoms with Crippen LogP contribution >= 0.6 is 0 Å². The van der Waals surface area contributed by atoms with Crippen molar-refractivity contribution >= 4 is 35.1 Å². The highest BCUT2D eigenvalue weighted by Crippen LogP contribution is 1.78. The van der Waals surface area contributed by atoms with Crippen LogP contribution in [0.4, 0.5) is 0 Å². The molecule has 0 saturated heterocycles.